The molecule has 4 nitrogen and oxygen atoms in total. The second-order valence-corrected chi connectivity index (χ2v) is 3.52. The first-order valence-corrected chi connectivity index (χ1v) is 5.65. The van der Waals surface area contributed by atoms with Crippen LogP contribution < -0.4 is 0 Å². The highest BCUT2D eigenvalue weighted by molar-refractivity contribution is 6.21. The zero-order valence-corrected chi connectivity index (χ0v) is 10.5. The molecule has 0 amide bonds. The fourth-order valence-electron chi connectivity index (χ4n) is 1.35. The van der Waals surface area contributed by atoms with Gasteiger partial charge in [-0.1, -0.05) is 30.3 Å². The first-order chi connectivity index (χ1) is 8.69. The molecule has 1 aromatic rings. The van der Waals surface area contributed by atoms with Crippen molar-refractivity contribution in [1.29, 1.82) is 0 Å². The number of carbonyl (C=O) groups is 2. The fraction of sp³-hybridized carbons (Fsp3) is 0.286. The average Bonchev–Trinajstić information content (AvgIpc) is 2.42. The molecule has 1 aromatic carbocycles. The van der Waals surface area contributed by atoms with Crippen molar-refractivity contribution in [2.75, 3.05) is 20.3 Å². The van der Waals surface area contributed by atoms with Gasteiger partial charge in [0.15, 0.2) is 5.78 Å². The van der Waals surface area contributed by atoms with E-state index in [1.165, 1.54) is 13.2 Å². The molecule has 0 spiro atoms. The van der Waals surface area contributed by atoms with E-state index in [0.29, 0.717) is 6.61 Å². The number of ether oxygens (including phenoxy) is 2. The van der Waals surface area contributed by atoms with E-state index in [1.54, 1.807) is 19.1 Å². The molecular formula is C14H16O4. The van der Waals surface area contributed by atoms with Gasteiger partial charge in [0, 0.05) is 6.61 Å². The number of hydrogen-bond donors (Lipinski definition) is 0. The third-order valence-corrected chi connectivity index (χ3v) is 2.25. The largest absolute Gasteiger partial charge is 0.465 e. The maximum atomic E-state index is 11.8. The Labute approximate surface area is 106 Å². The Balaban J connectivity index is 2.95. The summed E-state index contributed by atoms with van der Waals surface area (Å²) in [7, 11) is 1.25. The van der Waals surface area contributed by atoms with E-state index in [9.17, 15) is 9.59 Å². The number of esters is 1. The van der Waals surface area contributed by atoms with Gasteiger partial charge in [0.25, 0.3) is 0 Å². The van der Waals surface area contributed by atoms with Crippen LogP contribution in [0.2, 0.25) is 0 Å². The number of carbonyl (C=O) groups excluding carboxylic acids is 2. The van der Waals surface area contributed by atoms with Gasteiger partial charge in [-0.15, -0.1) is 0 Å². The standard InChI is InChI=1S/C14H16O4/c1-3-18-10-13(15)12(14(16)17-2)9-11-7-5-4-6-8-11/h4-9H,3,10H2,1-2H3. The summed E-state index contributed by atoms with van der Waals surface area (Å²) in [5.41, 5.74) is 0.764. The molecule has 0 aliphatic heterocycles. The lowest BCUT2D eigenvalue weighted by Crippen LogP contribution is -2.19. The van der Waals surface area contributed by atoms with Gasteiger partial charge in [-0.3, -0.25) is 4.79 Å². The van der Waals surface area contributed by atoms with E-state index in [4.69, 9.17) is 4.74 Å². The van der Waals surface area contributed by atoms with Crippen LogP contribution in [0.3, 0.4) is 0 Å². The molecule has 4 heteroatoms. The molecule has 0 fully saturated rings. The molecule has 96 valence electrons. The van der Waals surface area contributed by atoms with Crippen LogP contribution in [-0.4, -0.2) is 32.1 Å². The van der Waals surface area contributed by atoms with Crippen LogP contribution in [0.5, 0.6) is 0 Å². The second kappa shape index (κ2) is 7.40. The van der Waals surface area contributed by atoms with E-state index in [0.717, 1.165) is 5.56 Å². The third kappa shape index (κ3) is 4.14. The van der Waals surface area contributed by atoms with Gasteiger partial charge >= 0.3 is 5.97 Å². The van der Waals surface area contributed by atoms with Gasteiger partial charge in [0.1, 0.15) is 12.2 Å². The van der Waals surface area contributed by atoms with Crippen LogP contribution in [0.1, 0.15) is 12.5 Å². The van der Waals surface area contributed by atoms with E-state index >= 15 is 0 Å². The molecule has 0 bridgehead atoms. The molecule has 0 saturated carbocycles. The highest BCUT2D eigenvalue weighted by Gasteiger charge is 2.18. The average molecular weight is 248 g/mol. The Kier molecular flexibility index (Phi) is 5.80. The minimum atomic E-state index is -0.649. The van der Waals surface area contributed by atoms with Gasteiger partial charge in [-0.25, -0.2) is 4.79 Å². The maximum absolute atomic E-state index is 11.8. The Morgan fingerprint density at radius 2 is 1.89 bits per heavy atom. The third-order valence-electron chi connectivity index (χ3n) is 2.25. The molecule has 0 aromatic heterocycles. The van der Waals surface area contributed by atoms with E-state index in [-0.39, 0.29) is 18.0 Å². The minimum absolute atomic E-state index is 0.00264. The van der Waals surface area contributed by atoms with E-state index in [1.807, 2.05) is 18.2 Å². The summed E-state index contributed by atoms with van der Waals surface area (Å²) in [6.45, 7) is 2.09. The molecule has 0 atom stereocenters. The molecule has 0 unspecified atom stereocenters. The smallest absolute Gasteiger partial charge is 0.341 e. The molecule has 0 radical (unpaired) electrons. The molecule has 0 N–H and O–H groups in total. The lowest BCUT2D eigenvalue weighted by Gasteiger charge is -2.05. The SMILES string of the molecule is CCOCC(=O)C(=Cc1ccccc1)C(=O)OC. The Morgan fingerprint density at radius 1 is 1.22 bits per heavy atom. The summed E-state index contributed by atoms with van der Waals surface area (Å²) in [6, 6.07) is 9.12. The molecule has 0 aliphatic carbocycles. The Bertz CT molecular complexity index is 434. The van der Waals surface area contributed by atoms with Crippen LogP contribution in [0.15, 0.2) is 35.9 Å². The van der Waals surface area contributed by atoms with Crippen LogP contribution in [0.4, 0.5) is 0 Å². The molecule has 1 rings (SSSR count). The van der Waals surface area contributed by atoms with E-state index < -0.39 is 5.97 Å². The highest BCUT2D eigenvalue weighted by Crippen LogP contribution is 2.09. The number of rotatable bonds is 6. The lowest BCUT2D eigenvalue weighted by atomic mass is 10.1. The maximum Gasteiger partial charge on any atom is 0.341 e. The summed E-state index contributed by atoms with van der Waals surface area (Å²) in [5, 5.41) is 0. The first-order valence-electron chi connectivity index (χ1n) is 5.65. The van der Waals surface area contributed by atoms with Crippen molar-refractivity contribution >= 4 is 17.8 Å². The van der Waals surface area contributed by atoms with Gasteiger partial charge in [0.2, 0.25) is 0 Å². The Hall–Kier alpha value is -1.94. The number of ketones is 1. The fourth-order valence-corrected chi connectivity index (χ4v) is 1.35. The number of hydrogen-bond acceptors (Lipinski definition) is 4. The predicted molar refractivity (Wildman–Crippen MR) is 67.9 cm³/mol. The normalized spacial score (nSPS) is 11.1. The van der Waals surface area contributed by atoms with Crippen LogP contribution in [0.25, 0.3) is 6.08 Å². The van der Waals surface area contributed by atoms with Gasteiger partial charge < -0.3 is 9.47 Å². The Morgan fingerprint density at radius 3 is 2.44 bits per heavy atom. The number of Topliss-reactive ketones (excluding diaryl/α,β-unsaturated/α-hetero) is 1. The van der Waals surface area contributed by atoms with Gasteiger partial charge in [-0.2, -0.15) is 0 Å². The summed E-state index contributed by atoms with van der Waals surface area (Å²) >= 11 is 0. The second-order valence-electron chi connectivity index (χ2n) is 3.52. The van der Waals surface area contributed by atoms with E-state index in [2.05, 4.69) is 4.74 Å². The zero-order chi connectivity index (χ0) is 13.4. The van der Waals surface area contributed by atoms with Crippen LogP contribution >= 0.6 is 0 Å². The van der Waals surface area contributed by atoms with Crippen LogP contribution in [0, 0.1) is 0 Å². The summed E-state index contributed by atoms with van der Waals surface area (Å²) in [6.07, 6.45) is 1.51. The molecule has 18 heavy (non-hydrogen) atoms. The topological polar surface area (TPSA) is 52.6 Å². The molecule has 0 aliphatic rings. The molecular weight excluding hydrogens is 232 g/mol. The monoisotopic (exact) mass is 248 g/mol. The highest BCUT2D eigenvalue weighted by atomic mass is 16.5. The van der Waals surface area contributed by atoms with Crippen molar-refractivity contribution in [2.45, 2.75) is 6.92 Å². The number of benzene rings is 1. The summed E-state index contributed by atoms with van der Waals surface area (Å²) in [4.78, 5) is 23.4. The zero-order valence-electron chi connectivity index (χ0n) is 10.5. The lowest BCUT2D eigenvalue weighted by molar-refractivity contribution is -0.138. The van der Waals surface area contributed by atoms with Crippen molar-refractivity contribution in [3.63, 3.8) is 0 Å². The minimum Gasteiger partial charge on any atom is -0.465 e. The van der Waals surface area contributed by atoms with Crippen molar-refractivity contribution in [1.82, 2.24) is 0 Å². The quantitative estimate of drug-likeness (QED) is 0.333. The van der Waals surface area contributed by atoms with Gasteiger partial charge in [-0.05, 0) is 18.6 Å². The predicted octanol–water partition coefficient (Wildman–Crippen LogP) is 1.85. The van der Waals surface area contributed by atoms with Crippen molar-refractivity contribution < 1.29 is 19.1 Å². The summed E-state index contributed by atoms with van der Waals surface area (Å²) < 4.78 is 9.61. The number of methoxy groups -OCH3 is 1. The van der Waals surface area contributed by atoms with Crippen molar-refractivity contribution in [3.05, 3.63) is 41.5 Å². The van der Waals surface area contributed by atoms with Crippen LogP contribution in [-0.2, 0) is 19.1 Å². The molecule has 0 heterocycles. The summed E-state index contributed by atoms with van der Waals surface area (Å²) in [5.74, 6) is -1.03. The van der Waals surface area contributed by atoms with Crippen molar-refractivity contribution in [3.8, 4) is 0 Å². The molecule has 0 saturated heterocycles. The first kappa shape index (κ1) is 14.1. The van der Waals surface area contributed by atoms with Crippen molar-refractivity contribution in [2.24, 2.45) is 0 Å². The van der Waals surface area contributed by atoms with Gasteiger partial charge in [0.05, 0.1) is 7.11 Å².